The number of phenols is 2. The predicted molar refractivity (Wildman–Crippen MR) is 172 cm³/mol. The Labute approximate surface area is 260 Å². The van der Waals surface area contributed by atoms with Gasteiger partial charge in [-0.05, 0) is 57.1 Å². The third-order valence-electron chi connectivity index (χ3n) is 7.19. The van der Waals surface area contributed by atoms with Crippen LogP contribution in [-0.4, -0.2) is 22.6 Å². The Hall–Kier alpha value is -2.78. The van der Waals surface area contributed by atoms with Crippen molar-refractivity contribution in [3.63, 3.8) is 0 Å². The first-order valence-corrected chi connectivity index (χ1v) is 14.1. The monoisotopic (exact) mass is 604 g/mol. The smallest absolute Gasteiger partial charge is 0.128 e. The van der Waals surface area contributed by atoms with Crippen LogP contribution in [-0.2, 0) is 41.1 Å². The molecule has 3 aromatic rings. The number of phenolic OH excluding ortho intramolecular Hbond substituents is 2. The molecule has 0 bridgehead atoms. The van der Waals surface area contributed by atoms with E-state index in [2.05, 4.69) is 95.2 Å². The van der Waals surface area contributed by atoms with Gasteiger partial charge in [0, 0.05) is 54.2 Å². The van der Waals surface area contributed by atoms with Crippen LogP contribution in [0.2, 0.25) is 0 Å². The number of hydrogen-bond donors (Lipinski definition) is 2. The molecule has 0 aliphatic carbocycles. The van der Waals surface area contributed by atoms with Crippen molar-refractivity contribution in [2.24, 2.45) is 9.98 Å². The minimum absolute atomic E-state index is 0. The molecule has 0 saturated heterocycles. The summed E-state index contributed by atoms with van der Waals surface area (Å²) in [5.74, 6) is 0.507. The molecule has 0 aromatic heterocycles. The summed E-state index contributed by atoms with van der Waals surface area (Å²) in [6.45, 7) is 25.7. The Bertz CT molecular complexity index is 1330. The van der Waals surface area contributed by atoms with Crippen molar-refractivity contribution in [3.05, 3.63) is 81.9 Å². The van der Waals surface area contributed by atoms with Crippen LogP contribution in [0.5, 0.6) is 11.5 Å². The molecule has 5 heteroatoms. The second-order valence-corrected chi connectivity index (χ2v) is 14.9. The third kappa shape index (κ3) is 8.38. The zero-order valence-corrected chi connectivity index (χ0v) is 30.2. The molecular formula is C36H48N2O2Zn. The van der Waals surface area contributed by atoms with Crippen LogP contribution in [0.25, 0.3) is 0 Å². The predicted octanol–water partition coefficient (Wildman–Crippen LogP) is 9.79. The van der Waals surface area contributed by atoms with Crippen LogP contribution in [0.3, 0.4) is 0 Å². The summed E-state index contributed by atoms with van der Waals surface area (Å²) >= 11 is 0. The van der Waals surface area contributed by atoms with E-state index in [1.807, 2.05) is 36.4 Å². The number of para-hydroxylation sites is 2. The summed E-state index contributed by atoms with van der Waals surface area (Å²) in [4.78, 5) is 9.54. The molecule has 0 amide bonds. The van der Waals surface area contributed by atoms with E-state index in [0.29, 0.717) is 22.5 Å². The number of benzene rings is 3. The summed E-state index contributed by atoms with van der Waals surface area (Å²) in [6, 6.07) is 15.9. The zero-order chi connectivity index (χ0) is 30.3. The number of aliphatic imine (C=N–C) groups is 2. The molecule has 0 fully saturated rings. The van der Waals surface area contributed by atoms with Gasteiger partial charge in [0.1, 0.15) is 11.5 Å². The van der Waals surface area contributed by atoms with E-state index in [4.69, 9.17) is 9.98 Å². The molecule has 216 valence electrons. The third-order valence-corrected chi connectivity index (χ3v) is 7.19. The van der Waals surface area contributed by atoms with E-state index in [1.54, 1.807) is 12.4 Å². The van der Waals surface area contributed by atoms with Crippen LogP contribution in [0.1, 0.15) is 116 Å². The van der Waals surface area contributed by atoms with E-state index < -0.39 is 0 Å². The summed E-state index contributed by atoms with van der Waals surface area (Å²) in [6.07, 6.45) is 3.45. The van der Waals surface area contributed by atoms with Gasteiger partial charge >= 0.3 is 0 Å². The molecule has 0 aliphatic rings. The van der Waals surface area contributed by atoms with Crippen molar-refractivity contribution in [2.75, 3.05) is 0 Å². The van der Waals surface area contributed by atoms with Crippen LogP contribution in [0, 0.1) is 0 Å². The fourth-order valence-electron chi connectivity index (χ4n) is 4.48. The van der Waals surface area contributed by atoms with Crippen molar-refractivity contribution in [2.45, 2.75) is 105 Å². The maximum absolute atomic E-state index is 11.2. The number of hydrogen-bond acceptors (Lipinski definition) is 4. The van der Waals surface area contributed by atoms with Crippen molar-refractivity contribution in [1.82, 2.24) is 0 Å². The van der Waals surface area contributed by atoms with Gasteiger partial charge in [0.15, 0.2) is 0 Å². The van der Waals surface area contributed by atoms with Crippen molar-refractivity contribution in [3.8, 4) is 11.5 Å². The van der Waals surface area contributed by atoms with E-state index in [9.17, 15) is 10.2 Å². The minimum atomic E-state index is -0.217. The zero-order valence-electron chi connectivity index (χ0n) is 27.3. The Morgan fingerprint density at radius 1 is 0.512 bits per heavy atom. The molecule has 0 aliphatic heterocycles. The molecule has 0 saturated carbocycles. The van der Waals surface area contributed by atoms with E-state index >= 15 is 0 Å². The van der Waals surface area contributed by atoms with Gasteiger partial charge in [-0.2, -0.15) is 0 Å². The van der Waals surface area contributed by atoms with E-state index in [-0.39, 0.29) is 52.6 Å². The molecular weight excluding hydrogens is 558 g/mol. The standard InChI is InChI=1S/C36H48N2O2.Zn/c1-33(2,3)25-17-23(31(39)27(19-25)35(7,8)9)21-37-29-15-13-14-16-30(29)38-22-24-18-26(34(4,5)6)20-28(32(24)40)36(10,11)12;/h13-22,39-40H,1-12H3;. The van der Waals surface area contributed by atoms with Gasteiger partial charge in [-0.1, -0.05) is 107 Å². The average molecular weight is 606 g/mol. The average Bonchev–Trinajstić information content (AvgIpc) is 2.80. The number of rotatable bonds is 4. The molecule has 0 atom stereocenters. The maximum atomic E-state index is 11.2. The molecule has 0 unspecified atom stereocenters. The largest absolute Gasteiger partial charge is 0.507 e. The Kier molecular flexibility index (Phi) is 10.3. The van der Waals surface area contributed by atoms with Gasteiger partial charge in [0.25, 0.3) is 0 Å². The Morgan fingerprint density at radius 2 is 0.829 bits per heavy atom. The quantitative estimate of drug-likeness (QED) is 0.230. The summed E-state index contributed by atoms with van der Waals surface area (Å²) in [5.41, 5.74) is 6.23. The Morgan fingerprint density at radius 3 is 1.10 bits per heavy atom. The molecule has 0 spiro atoms. The molecule has 3 rings (SSSR count). The molecule has 4 nitrogen and oxygen atoms in total. The van der Waals surface area contributed by atoms with Crippen molar-refractivity contribution >= 4 is 23.8 Å². The van der Waals surface area contributed by atoms with Crippen molar-refractivity contribution < 1.29 is 29.7 Å². The molecule has 0 radical (unpaired) electrons. The van der Waals surface area contributed by atoms with Gasteiger partial charge in [0.05, 0.1) is 11.4 Å². The summed E-state index contributed by atoms with van der Waals surface area (Å²) in [7, 11) is 0. The minimum Gasteiger partial charge on any atom is -0.507 e. The summed E-state index contributed by atoms with van der Waals surface area (Å²) in [5, 5.41) is 22.4. The topological polar surface area (TPSA) is 65.2 Å². The van der Waals surface area contributed by atoms with E-state index in [1.165, 1.54) is 0 Å². The first kappa shape index (κ1) is 34.4. The fraction of sp³-hybridized carbons (Fsp3) is 0.444. The van der Waals surface area contributed by atoms with Gasteiger partial charge < -0.3 is 10.2 Å². The Balaban J connectivity index is 0.00000588. The number of nitrogens with zero attached hydrogens (tertiary/aromatic N) is 2. The van der Waals surface area contributed by atoms with Crippen LogP contribution >= 0.6 is 0 Å². The van der Waals surface area contributed by atoms with Crippen LogP contribution < -0.4 is 0 Å². The molecule has 41 heavy (non-hydrogen) atoms. The molecule has 3 aromatic carbocycles. The normalized spacial score (nSPS) is 13.2. The second-order valence-electron chi connectivity index (χ2n) is 14.9. The SMILES string of the molecule is CC(C)(C)c1cc(C=Nc2ccccc2N=Cc2cc(C(C)(C)C)cc(C(C)(C)C)c2O)c(O)c(C(C)(C)C)c1.[Zn]. The first-order valence-electron chi connectivity index (χ1n) is 14.1. The van der Waals surface area contributed by atoms with Gasteiger partial charge in [-0.15, -0.1) is 0 Å². The van der Waals surface area contributed by atoms with E-state index in [0.717, 1.165) is 22.3 Å². The number of aromatic hydroxyl groups is 2. The molecule has 0 heterocycles. The molecule has 2 N–H and O–H groups in total. The van der Waals surface area contributed by atoms with Gasteiger partial charge in [0.2, 0.25) is 0 Å². The van der Waals surface area contributed by atoms with Gasteiger partial charge in [-0.3, -0.25) is 9.98 Å². The maximum Gasteiger partial charge on any atom is 0.128 e. The first-order chi connectivity index (χ1) is 18.2. The fourth-order valence-corrected chi connectivity index (χ4v) is 4.48. The van der Waals surface area contributed by atoms with Gasteiger partial charge in [-0.25, -0.2) is 0 Å². The van der Waals surface area contributed by atoms with Crippen molar-refractivity contribution in [1.29, 1.82) is 0 Å². The van der Waals surface area contributed by atoms with Crippen LogP contribution in [0.15, 0.2) is 58.5 Å². The second kappa shape index (κ2) is 12.2. The summed E-state index contributed by atoms with van der Waals surface area (Å²) < 4.78 is 0. The van der Waals surface area contributed by atoms with Crippen LogP contribution in [0.4, 0.5) is 11.4 Å².